The summed E-state index contributed by atoms with van der Waals surface area (Å²) in [6.07, 6.45) is 1.03. The minimum atomic E-state index is -3.47. The van der Waals surface area contributed by atoms with Gasteiger partial charge in [-0.1, -0.05) is 0 Å². The van der Waals surface area contributed by atoms with E-state index in [-0.39, 0.29) is 4.90 Å². The van der Waals surface area contributed by atoms with Crippen LogP contribution >= 0.6 is 0 Å². The molecule has 3 rings (SSSR count). The van der Waals surface area contributed by atoms with Gasteiger partial charge in [-0.3, -0.25) is 4.90 Å². The SMILES string of the molecule is N#Cc1ccc(S(=O)(=O)N2CCN([C@@H]3CCOC3)CC2)cc1. The molecule has 2 fully saturated rings. The van der Waals surface area contributed by atoms with Gasteiger partial charge in [-0.15, -0.1) is 0 Å². The van der Waals surface area contributed by atoms with Gasteiger partial charge in [-0.2, -0.15) is 9.57 Å². The Morgan fingerprint density at radius 3 is 2.36 bits per heavy atom. The topological polar surface area (TPSA) is 73.6 Å². The van der Waals surface area contributed by atoms with Crippen LogP contribution in [0.15, 0.2) is 29.2 Å². The van der Waals surface area contributed by atoms with E-state index in [9.17, 15) is 8.42 Å². The second-order valence-electron chi connectivity index (χ2n) is 5.59. The molecule has 1 aromatic rings. The molecule has 0 aliphatic carbocycles. The summed E-state index contributed by atoms with van der Waals surface area (Å²) in [5, 5.41) is 8.79. The molecule has 1 atom stereocenters. The van der Waals surface area contributed by atoms with Crippen molar-refractivity contribution in [1.29, 1.82) is 5.26 Å². The summed E-state index contributed by atoms with van der Waals surface area (Å²) in [5.41, 5.74) is 0.463. The Kier molecular flexibility index (Phi) is 4.45. The quantitative estimate of drug-likeness (QED) is 0.817. The highest BCUT2D eigenvalue weighted by Crippen LogP contribution is 2.20. The molecule has 2 aliphatic heterocycles. The molecule has 0 spiro atoms. The standard InChI is InChI=1S/C15H19N3O3S/c16-11-13-1-3-15(4-2-13)22(19,20)18-8-6-17(7-9-18)14-5-10-21-12-14/h1-4,14H,5-10,12H2/t14-/m1/s1. The second-order valence-corrected chi connectivity index (χ2v) is 7.53. The summed E-state index contributed by atoms with van der Waals surface area (Å²) in [4.78, 5) is 2.57. The van der Waals surface area contributed by atoms with Gasteiger partial charge in [0.15, 0.2) is 0 Å². The molecule has 7 heteroatoms. The average Bonchev–Trinajstić information content (AvgIpc) is 3.09. The lowest BCUT2D eigenvalue weighted by molar-refractivity contribution is 0.113. The Morgan fingerprint density at radius 2 is 1.82 bits per heavy atom. The zero-order chi connectivity index (χ0) is 15.6. The lowest BCUT2D eigenvalue weighted by atomic mass is 10.2. The van der Waals surface area contributed by atoms with Crippen molar-refractivity contribution in [3.05, 3.63) is 29.8 Å². The van der Waals surface area contributed by atoms with Crippen LogP contribution < -0.4 is 0 Å². The minimum Gasteiger partial charge on any atom is -0.380 e. The summed E-state index contributed by atoms with van der Waals surface area (Å²) in [6.45, 7) is 4.03. The van der Waals surface area contributed by atoms with Gasteiger partial charge in [0.1, 0.15) is 0 Å². The number of piperazine rings is 1. The lowest BCUT2D eigenvalue weighted by Crippen LogP contribution is -2.52. The molecule has 0 unspecified atom stereocenters. The highest BCUT2D eigenvalue weighted by Gasteiger charge is 2.32. The van der Waals surface area contributed by atoms with E-state index in [0.29, 0.717) is 24.7 Å². The van der Waals surface area contributed by atoms with Crippen molar-refractivity contribution in [2.45, 2.75) is 17.4 Å². The summed E-state index contributed by atoms with van der Waals surface area (Å²) >= 11 is 0. The Hall–Kier alpha value is -1.46. The molecule has 2 aliphatic rings. The predicted octanol–water partition coefficient (Wildman–Crippen LogP) is 0.653. The third-order valence-electron chi connectivity index (χ3n) is 4.32. The van der Waals surface area contributed by atoms with E-state index in [1.165, 1.54) is 16.4 Å². The first-order valence-electron chi connectivity index (χ1n) is 7.43. The van der Waals surface area contributed by atoms with E-state index >= 15 is 0 Å². The number of hydrogen-bond donors (Lipinski definition) is 0. The van der Waals surface area contributed by atoms with Crippen LogP contribution in [0, 0.1) is 11.3 Å². The van der Waals surface area contributed by atoms with Crippen molar-refractivity contribution in [2.75, 3.05) is 39.4 Å². The van der Waals surface area contributed by atoms with Crippen LogP contribution in [0.3, 0.4) is 0 Å². The zero-order valence-electron chi connectivity index (χ0n) is 12.3. The average molecular weight is 321 g/mol. The Labute approximate surface area is 130 Å². The molecule has 0 amide bonds. The van der Waals surface area contributed by atoms with Gasteiger partial charge in [0.05, 0.1) is 23.1 Å². The number of rotatable bonds is 3. The van der Waals surface area contributed by atoms with Crippen LogP contribution in [0.1, 0.15) is 12.0 Å². The number of sulfonamides is 1. The lowest BCUT2D eigenvalue weighted by Gasteiger charge is -2.36. The van der Waals surface area contributed by atoms with E-state index in [1.807, 2.05) is 6.07 Å². The molecule has 0 radical (unpaired) electrons. The number of hydrogen-bond acceptors (Lipinski definition) is 5. The minimum absolute atomic E-state index is 0.254. The smallest absolute Gasteiger partial charge is 0.243 e. The summed E-state index contributed by atoms with van der Waals surface area (Å²) < 4.78 is 32.2. The molecule has 118 valence electrons. The largest absolute Gasteiger partial charge is 0.380 e. The predicted molar refractivity (Wildman–Crippen MR) is 80.7 cm³/mol. The molecule has 1 aromatic carbocycles. The maximum atomic E-state index is 12.6. The third-order valence-corrected chi connectivity index (χ3v) is 6.23. The first-order chi connectivity index (χ1) is 10.6. The van der Waals surface area contributed by atoms with Crippen molar-refractivity contribution in [1.82, 2.24) is 9.21 Å². The van der Waals surface area contributed by atoms with Crippen molar-refractivity contribution in [3.63, 3.8) is 0 Å². The first kappa shape index (κ1) is 15.4. The van der Waals surface area contributed by atoms with Crippen LogP contribution in [0.4, 0.5) is 0 Å². The Morgan fingerprint density at radius 1 is 1.14 bits per heavy atom. The molecule has 2 heterocycles. The third kappa shape index (κ3) is 3.01. The molecule has 22 heavy (non-hydrogen) atoms. The van der Waals surface area contributed by atoms with Crippen LogP contribution in [-0.2, 0) is 14.8 Å². The molecule has 0 N–H and O–H groups in total. The van der Waals surface area contributed by atoms with Crippen molar-refractivity contribution in [3.8, 4) is 6.07 Å². The van der Waals surface area contributed by atoms with Crippen molar-refractivity contribution >= 4 is 10.0 Å². The fourth-order valence-electron chi connectivity index (χ4n) is 2.97. The van der Waals surface area contributed by atoms with Crippen molar-refractivity contribution in [2.24, 2.45) is 0 Å². The van der Waals surface area contributed by atoms with E-state index < -0.39 is 10.0 Å². The molecule has 0 saturated carbocycles. The number of nitriles is 1. The molecule has 0 aromatic heterocycles. The fraction of sp³-hybridized carbons (Fsp3) is 0.533. The van der Waals surface area contributed by atoms with E-state index in [2.05, 4.69) is 4.90 Å². The fourth-order valence-corrected chi connectivity index (χ4v) is 4.39. The monoisotopic (exact) mass is 321 g/mol. The number of ether oxygens (including phenoxy) is 1. The number of nitrogens with zero attached hydrogens (tertiary/aromatic N) is 3. The molecular formula is C15H19N3O3S. The highest BCUT2D eigenvalue weighted by molar-refractivity contribution is 7.89. The van der Waals surface area contributed by atoms with Crippen LogP contribution in [-0.4, -0.2) is 63.1 Å². The Bertz CT molecular complexity index is 652. The maximum Gasteiger partial charge on any atom is 0.243 e. The molecule has 0 bridgehead atoms. The molecule has 2 saturated heterocycles. The van der Waals surface area contributed by atoms with Gasteiger partial charge in [0, 0.05) is 38.8 Å². The zero-order valence-corrected chi connectivity index (χ0v) is 13.1. The van der Waals surface area contributed by atoms with E-state index in [0.717, 1.165) is 32.7 Å². The van der Waals surface area contributed by atoms with Gasteiger partial charge in [0.25, 0.3) is 0 Å². The van der Waals surface area contributed by atoms with Gasteiger partial charge >= 0.3 is 0 Å². The molecular weight excluding hydrogens is 302 g/mol. The van der Waals surface area contributed by atoms with Gasteiger partial charge in [-0.25, -0.2) is 8.42 Å². The van der Waals surface area contributed by atoms with Gasteiger partial charge < -0.3 is 4.74 Å². The second kappa shape index (κ2) is 6.34. The van der Waals surface area contributed by atoms with Gasteiger partial charge in [-0.05, 0) is 30.7 Å². The highest BCUT2D eigenvalue weighted by atomic mass is 32.2. The summed E-state index contributed by atoms with van der Waals surface area (Å²) in [7, 11) is -3.47. The first-order valence-corrected chi connectivity index (χ1v) is 8.87. The van der Waals surface area contributed by atoms with Crippen LogP contribution in [0.5, 0.6) is 0 Å². The van der Waals surface area contributed by atoms with Crippen molar-refractivity contribution < 1.29 is 13.2 Å². The molecule has 6 nitrogen and oxygen atoms in total. The number of benzene rings is 1. The normalized spacial score (nSPS) is 24.2. The van der Waals surface area contributed by atoms with Crippen LogP contribution in [0.2, 0.25) is 0 Å². The van der Waals surface area contributed by atoms with Gasteiger partial charge in [0.2, 0.25) is 10.0 Å². The van der Waals surface area contributed by atoms with Crippen LogP contribution in [0.25, 0.3) is 0 Å². The maximum absolute atomic E-state index is 12.6. The Balaban J connectivity index is 1.67. The van der Waals surface area contributed by atoms with E-state index in [4.69, 9.17) is 10.00 Å². The summed E-state index contributed by atoms with van der Waals surface area (Å²) in [6, 6.07) is 8.52. The summed E-state index contributed by atoms with van der Waals surface area (Å²) in [5.74, 6) is 0. The van der Waals surface area contributed by atoms with E-state index in [1.54, 1.807) is 12.1 Å².